The molecule has 0 atom stereocenters. The molecule has 0 aliphatic heterocycles. The summed E-state index contributed by atoms with van der Waals surface area (Å²) in [6, 6.07) is 1.84. The van der Waals surface area contributed by atoms with Crippen molar-refractivity contribution in [2.75, 3.05) is 7.11 Å². The number of nitrogens with zero attached hydrogens (tertiary/aromatic N) is 2. The quantitative estimate of drug-likeness (QED) is 0.706. The number of ether oxygens (including phenoxy) is 1. The normalized spacial score (nSPS) is 11.2. The smallest absolute Gasteiger partial charge is 0.318 e. The van der Waals surface area contributed by atoms with E-state index >= 15 is 0 Å². The molecule has 0 N–H and O–H groups in total. The molecular weight excluding hydrogens is 192 g/mol. The molecule has 0 aliphatic carbocycles. The zero-order valence-corrected chi connectivity index (χ0v) is 9.57. The summed E-state index contributed by atoms with van der Waals surface area (Å²) in [7, 11) is 1.37. The van der Waals surface area contributed by atoms with Gasteiger partial charge < -0.3 is 4.74 Å². The van der Waals surface area contributed by atoms with E-state index in [0.717, 1.165) is 12.1 Å². The summed E-state index contributed by atoms with van der Waals surface area (Å²) in [6.07, 6.45) is 2.50. The van der Waals surface area contributed by atoms with Crippen molar-refractivity contribution >= 4 is 5.97 Å². The van der Waals surface area contributed by atoms with Crippen LogP contribution in [0.3, 0.4) is 0 Å². The third-order valence-electron chi connectivity index (χ3n) is 2.33. The zero-order valence-electron chi connectivity index (χ0n) is 9.57. The Bertz CT molecular complexity index is 361. The largest absolute Gasteiger partial charge is 0.468 e. The Kier molecular flexibility index (Phi) is 3.39. The van der Waals surface area contributed by atoms with Crippen molar-refractivity contribution < 1.29 is 9.53 Å². The molecule has 1 heterocycles. The number of rotatable bonds is 3. The van der Waals surface area contributed by atoms with Crippen LogP contribution in [0.1, 0.15) is 32.3 Å². The molecule has 0 saturated carbocycles. The first kappa shape index (κ1) is 11.6. The summed E-state index contributed by atoms with van der Waals surface area (Å²) in [5.74, 6) is 0.185. The van der Waals surface area contributed by atoms with Gasteiger partial charge in [0.2, 0.25) is 0 Å². The van der Waals surface area contributed by atoms with Crippen LogP contribution in [0, 0.1) is 0 Å². The van der Waals surface area contributed by atoms with E-state index in [9.17, 15) is 4.79 Å². The third kappa shape index (κ3) is 2.32. The van der Waals surface area contributed by atoms with Crippen molar-refractivity contribution in [2.24, 2.45) is 0 Å². The second-order valence-corrected chi connectivity index (χ2v) is 3.84. The van der Waals surface area contributed by atoms with Gasteiger partial charge in [-0.3, -0.25) is 4.79 Å². The molecule has 0 aromatic carbocycles. The van der Waals surface area contributed by atoms with Crippen LogP contribution >= 0.6 is 0 Å². The van der Waals surface area contributed by atoms with E-state index in [1.54, 1.807) is 20.0 Å². The van der Waals surface area contributed by atoms with Gasteiger partial charge in [0.1, 0.15) is 11.2 Å². The third-order valence-corrected chi connectivity index (χ3v) is 2.33. The first-order chi connectivity index (χ1) is 7.02. The lowest BCUT2D eigenvalue weighted by Gasteiger charge is -2.19. The lowest BCUT2D eigenvalue weighted by Crippen LogP contribution is -2.32. The highest BCUT2D eigenvalue weighted by atomic mass is 16.5. The molecule has 0 fully saturated rings. The molecule has 82 valence electrons. The summed E-state index contributed by atoms with van der Waals surface area (Å²) in [5.41, 5.74) is 0.136. The maximum absolute atomic E-state index is 11.5. The standard InChI is InChI=1S/C11H16N2O2/c1-5-8-6-7-12-9(13-8)11(2,3)10(14)15-4/h6-7H,5H2,1-4H3. The van der Waals surface area contributed by atoms with E-state index in [4.69, 9.17) is 4.74 Å². The number of methoxy groups -OCH3 is 1. The van der Waals surface area contributed by atoms with Gasteiger partial charge >= 0.3 is 5.97 Å². The number of esters is 1. The van der Waals surface area contributed by atoms with Crippen molar-refractivity contribution in [2.45, 2.75) is 32.6 Å². The Labute approximate surface area is 89.7 Å². The van der Waals surface area contributed by atoms with Crippen molar-refractivity contribution in [1.82, 2.24) is 9.97 Å². The van der Waals surface area contributed by atoms with Crippen molar-refractivity contribution in [3.63, 3.8) is 0 Å². The van der Waals surface area contributed by atoms with Crippen LogP contribution in [0.15, 0.2) is 12.3 Å². The van der Waals surface area contributed by atoms with Gasteiger partial charge in [0.05, 0.1) is 7.11 Å². The minimum Gasteiger partial charge on any atom is -0.468 e. The van der Waals surface area contributed by atoms with E-state index in [1.165, 1.54) is 7.11 Å². The van der Waals surface area contributed by atoms with Crippen molar-refractivity contribution in [1.29, 1.82) is 0 Å². The number of carbonyl (C=O) groups excluding carboxylic acids is 1. The van der Waals surface area contributed by atoms with Gasteiger partial charge in [-0.15, -0.1) is 0 Å². The highest BCUT2D eigenvalue weighted by Crippen LogP contribution is 2.20. The van der Waals surface area contributed by atoms with Gasteiger partial charge in [-0.2, -0.15) is 0 Å². The van der Waals surface area contributed by atoms with Crippen LogP contribution in [0.25, 0.3) is 0 Å². The average Bonchev–Trinajstić information content (AvgIpc) is 2.27. The summed E-state index contributed by atoms with van der Waals surface area (Å²) in [4.78, 5) is 20.0. The van der Waals surface area contributed by atoms with E-state index < -0.39 is 5.41 Å². The van der Waals surface area contributed by atoms with Gasteiger partial charge in [0.25, 0.3) is 0 Å². The Morgan fingerprint density at radius 2 is 2.20 bits per heavy atom. The molecule has 4 heteroatoms. The number of hydrogen-bond acceptors (Lipinski definition) is 4. The monoisotopic (exact) mass is 208 g/mol. The number of hydrogen-bond donors (Lipinski definition) is 0. The minimum absolute atomic E-state index is 0.323. The molecule has 1 aromatic rings. The molecule has 15 heavy (non-hydrogen) atoms. The maximum atomic E-state index is 11.5. The summed E-state index contributed by atoms with van der Waals surface area (Å²) in [6.45, 7) is 5.53. The average molecular weight is 208 g/mol. The molecule has 0 aliphatic rings. The topological polar surface area (TPSA) is 52.1 Å². The number of carbonyl (C=O) groups is 1. The highest BCUT2D eigenvalue weighted by Gasteiger charge is 2.33. The van der Waals surface area contributed by atoms with Crippen molar-refractivity contribution in [3.05, 3.63) is 23.8 Å². The van der Waals surface area contributed by atoms with E-state index in [2.05, 4.69) is 9.97 Å². The maximum Gasteiger partial charge on any atom is 0.318 e. The molecular formula is C11H16N2O2. The summed E-state index contributed by atoms with van der Waals surface area (Å²) < 4.78 is 4.72. The van der Waals surface area contributed by atoms with E-state index in [0.29, 0.717) is 5.82 Å². The second-order valence-electron chi connectivity index (χ2n) is 3.84. The van der Waals surface area contributed by atoms with Gasteiger partial charge in [-0.05, 0) is 26.3 Å². The highest BCUT2D eigenvalue weighted by molar-refractivity contribution is 5.80. The molecule has 0 radical (unpaired) electrons. The summed E-state index contributed by atoms with van der Waals surface area (Å²) >= 11 is 0. The first-order valence-corrected chi connectivity index (χ1v) is 4.93. The molecule has 1 aromatic heterocycles. The molecule has 0 spiro atoms. The number of aryl methyl sites for hydroxylation is 1. The van der Waals surface area contributed by atoms with Gasteiger partial charge in [-0.25, -0.2) is 9.97 Å². The SMILES string of the molecule is CCc1ccnc(C(C)(C)C(=O)OC)n1. The fourth-order valence-electron chi connectivity index (χ4n) is 1.24. The Morgan fingerprint density at radius 1 is 1.53 bits per heavy atom. The fourth-order valence-corrected chi connectivity index (χ4v) is 1.24. The molecule has 4 nitrogen and oxygen atoms in total. The minimum atomic E-state index is -0.792. The lowest BCUT2D eigenvalue weighted by molar-refractivity contribution is -0.146. The number of aromatic nitrogens is 2. The predicted molar refractivity (Wildman–Crippen MR) is 56.5 cm³/mol. The van der Waals surface area contributed by atoms with Gasteiger partial charge in [-0.1, -0.05) is 6.92 Å². The summed E-state index contributed by atoms with van der Waals surface area (Å²) in [5, 5.41) is 0. The van der Waals surface area contributed by atoms with Gasteiger partial charge in [0.15, 0.2) is 0 Å². The van der Waals surface area contributed by atoms with Crippen molar-refractivity contribution in [3.8, 4) is 0 Å². The van der Waals surface area contributed by atoms with Crippen LogP contribution in [-0.2, 0) is 21.4 Å². The molecule has 0 saturated heterocycles. The molecule has 0 bridgehead atoms. The van der Waals surface area contributed by atoms with E-state index in [1.807, 2.05) is 13.0 Å². The molecule has 0 amide bonds. The zero-order chi connectivity index (χ0) is 11.5. The predicted octanol–water partition coefficient (Wildman–Crippen LogP) is 1.49. The van der Waals surface area contributed by atoms with Crippen LogP contribution in [-0.4, -0.2) is 23.0 Å². The Hall–Kier alpha value is -1.45. The Balaban J connectivity index is 3.09. The Morgan fingerprint density at radius 3 is 2.73 bits per heavy atom. The van der Waals surface area contributed by atoms with E-state index in [-0.39, 0.29) is 5.97 Å². The van der Waals surface area contributed by atoms with Crippen LogP contribution in [0.5, 0.6) is 0 Å². The van der Waals surface area contributed by atoms with Crippen LogP contribution < -0.4 is 0 Å². The second kappa shape index (κ2) is 4.38. The molecule has 1 rings (SSSR count). The molecule has 0 unspecified atom stereocenters. The first-order valence-electron chi connectivity index (χ1n) is 4.93. The lowest BCUT2D eigenvalue weighted by atomic mass is 9.92. The van der Waals surface area contributed by atoms with Crippen LogP contribution in [0.2, 0.25) is 0 Å². The van der Waals surface area contributed by atoms with Crippen LogP contribution in [0.4, 0.5) is 0 Å². The van der Waals surface area contributed by atoms with Gasteiger partial charge in [0, 0.05) is 11.9 Å². The fraction of sp³-hybridized carbons (Fsp3) is 0.545.